The van der Waals surface area contributed by atoms with E-state index in [-0.39, 0.29) is 7.35 Å². The fourth-order valence-electron chi connectivity index (χ4n) is 7.40. The summed E-state index contributed by atoms with van der Waals surface area (Å²) in [5.41, 5.74) is 4.02. The SMILES string of the molecule is CC(C)c1cccc(C(C)C)c1[N]=[Ta].CC1C(C)C(C)C(C)C1C.C[Si](C)(C)[Si]([Si](C)(C)C)[Si](C)(C)C.[C-]#[O+]. The minimum absolute atomic E-state index is 0.0255. The second-order valence-electron chi connectivity index (χ2n) is 15.6. The maximum absolute atomic E-state index is 7.50. The molecule has 0 saturated heterocycles. The Kier molecular flexibility index (Phi) is 18.6. The third kappa shape index (κ3) is 13.0. The summed E-state index contributed by atoms with van der Waals surface area (Å²) < 4.78 is 12.0. The fourth-order valence-corrected chi connectivity index (χ4v) is 96.0. The summed E-state index contributed by atoms with van der Waals surface area (Å²) in [6, 6.07) is 6.55. The first-order chi connectivity index (χ1) is 17.5. The summed E-state index contributed by atoms with van der Waals surface area (Å²) in [6.07, 6.45) is 0. The van der Waals surface area contributed by atoms with Crippen LogP contribution >= 0.6 is 0 Å². The van der Waals surface area contributed by atoms with Crippen LogP contribution in [0.1, 0.15) is 85.3 Å². The van der Waals surface area contributed by atoms with Crippen LogP contribution in [0.5, 0.6) is 0 Å². The number of nitrogens with zero attached hydrogens (tertiary/aromatic N) is 1. The molecule has 1 aromatic carbocycles. The molecule has 1 aliphatic rings. The average Bonchev–Trinajstić information content (AvgIpc) is 2.95. The molecular weight excluding hydrogens is 708 g/mol. The molecule has 224 valence electrons. The van der Waals surface area contributed by atoms with E-state index in [1.807, 2.05) is 0 Å². The Hall–Kier alpha value is 0.368. The van der Waals surface area contributed by atoms with Crippen molar-refractivity contribution >= 4 is 35.8 Å². The fraction of sp³-hybridized carbons (Fsp3) is 0.781. The van der Waals surface area contributed by atoms with Crippen LogP contribution in [0.3, 0.4) is 0 Å². The van der Waals surface area contributed by atoms with Gasteiger partial charge >= 0.3 is 110 Å². The number of hydrogen-bond acceptors (Lipinski definition) is 1. The van der Waals surface area contributed by atoms with E-state index in [0.29, 0.717) is 11.8 Å². The Bertz CT molecular complexity index is 777. The molecule has 39 heavy (non-hydrogen) atoms. The van der Waals surface area contributed by atoms with Crippen molar-refractivity contribution in [3.05, 3.63) is 36.0 Å². The molecule has 2 rings (SSSR count). The van der Waals surface area contributed by atoms with Gasteiger partial charge in [-0.05, 0) is 29.6 Å². The predicted octanol–water partition coefficient (Wildman–Crippen LogP) is 11.2. The normalized spacial score (nSPS) is 23.3. The molecular formula is C32H64NOSi4Ta. The minimum atomic E-state index is -0.832. The van der Waals surface area contributed by atoms with E-state index < -0.39 is 22.8 Å². The zero-order chi connectivity index (χ0) is 31.7. The first-order valence-corrected chi connectivity index (χ1v) is 31.5. The van der Waals surface area contributed by atoms with E-state index in [1.54, 1.807) is 0 Å². The summed E-state index contributed by atoms with van der Waals surface area (Å²) in [6.45, 7) is 48.9. The summed E-state index contributed by atoms with van der Waals surface area (Å²) in [5.74, 6) is 5.81. The summed E-state index contributed by atoms with van der Waals surface area (Å²) >= 11 is 1.09. The van der Waals surface area contributed by atoms with Crippen LogP contribution in [0.2, 0.25) is 58.9 Å². The second kappa shape index (κ2) is 17.5. The van der Waals surface area contributed by atoms with Gasteiger partial charge in [-0.2, -0.15) is 0 Å². The van der Waals surface area contributed by atoms with Gasteiger partial charge in [-0.25, -0.2) is 0 Å². The molecule has 0 N–H and O–H groups in total. The van der Waals surface area contributed by atoms with E-state index in [1.165, 1.54) is 16.8 Å². The molecule has 0 spiro atoms. The molecule has 1 fully saturated rings. The number of hydrogen-bond donors (Lipinski definition) is 0. The molecule has 2 nitrogen and oxygen atoms in total. The molecule has 0 aromatic heterocycles. The third-order valence-corrected chi connectivity index (χ3v) is 68.1. The Morgan fingerprint density at radius 3 is 1.00 bits per heavy atom. The molecule has 0 atom stereocenters. The molecule has 7 heteroatoms. The molecule has 1 aromatic rings. The first-order valence-electron chi connectivity index (χ1n) is 15.1. The van der Waals surface area contributed by atoms with Crippen LogP contribution in [-0.2, 0) is 25.5 Å². The van der Waals surface area contributed by atoms with Gasteiger partial charge in [0.1, 0.15) is 0 Å². The van der Waals surface area contributed by atoms with Gasteiger partial charge in [0.25, 0.3) is 0 Å². The molecule has 0 heterocycles. The second-order valence-corrected chi connectivity index (χ2v) is 53.1. The van der Waals surface area contributed by atoms with Gasteiger partial charge in [0.15, 0.2) is 0 Å². The maximum atomic E-state index is 7.50. The van der Waals surface area contributed by atoms with E-state index in [4.69, 9.17) is 4.65 Å². The Morgan fingerprint density at radius 2 is 0.872 bits per heavy atom. The van der Waals surface area contributed by atoms with Crippen molar-refractivity contribution in [3.8, 4) is 0 Å². The van der Waals surface area contributed by atoms with Gasteiger partial charge in [-0.3, -0.25) is 0 Å². The molecule has 1 aliphatic carbocycles. The van der Waals surface area contributed by atoms with Crippen molar-refractivity contribution in [2.75, 3.05) is 0 Å². The number of benzene rings is 1. The third-order valence-electron chi connectivity index (χ3n) is 8.84. The van der Waals surface area contributed by atoms with Crippen molar-refractivity contribution in [2.24, 2.45) is 32.9 Å². The van der Waals surface area contributed by atoms with E-state index in [9.17, 15) is 0 Å². The van der Waals surface area contributed by atoms with E-state index in [2.05, 4.69) is 149 Å². The standard InChI is InChI=1S/C12H17N.C10H20.C9H27Si4.CO.Ta/c1-8(2)10-6-5-7-11(9(3)4)12(10)13;1-6-7(2)9(4)10(5)8(6)3;1-11(2,3)10(12(4,5)6)13(7,8)9;1-2;/h5-9H,1-4H3;6-10H,1-5H3;1-9H3;;. The molecule has 0 aliphatic heterocycles. The van der Waals surface area contributed by atoms with Gasteiger partial charge in [0.05, 0.1) is 0 Å². The monoisotopic (exact) mass is 771 g/mol. The van der Waals surface area contributed by atoms with Gasteiger partial charge in [-0.1, -0.05) is 93.5 Å². The Labute approximate surface area is 261 Å². The zero-order valence-electron chi connectivity index (χ0n) is 29.1. The van der Waals surface area contributed by atoms with Crippen molar-refractivity contribution in [1.29, 1.82) is 0 Å². The van der Waals surface area contributed by atoms with Crippen LogP contribution in [0.25, 0.3) is 0 Å². The van der Waals surface area contributed by atoms with Gasteiger partial charge in [0, 0.05) is 30.1 Å². The van der Waals surface area contributed by atoms with E-state index in [0.717, 1.165) is 50.5 Å². The predicted molar refractivity (Wildman–Crippen MR) is 182 cm³/mol. The quantitative estimate of drug-likeness (QED) is 0.157. The van der Waals surface area contributed by atoms with Crippen LogP contribution in [0.15, 0.2) is 21.5 Å². The van der Waals surface area contributed by atoms with Crippen LogP contribution in [-0.4, -0.2) is 30.1 Å². The van der Waals surface area contributed by atoms with Gasteiger partial charge in [-0.15, -0.1) is 0 Å². The topological polar surface area (TPSA) is 32.3 Å². The summed E-state index contributed by atoms with van der Waals surface area (Å²) in [5, 5.41) is 0. The molecule has 0 unspecified atom stereocenters. The van der Waals surface area contributed by atoms with Crippen molar-refractivity contribution < 1.29 is 25.5 Å². The summed E-state index contributed by atoms with van der Waals surface area (Å²) in [4.78, 5) is 0. The first kappa shape index (κ1) is 41.5. The van der Waals surface area contributed by atoms with E-state index >= 15 is 0 Å². The van der Waals surface area contributed by atoms with Crippen molar-refractivity contribution in [1.82, 2.24) is 0 Å². The van der Waals surface area contributed by atoms with Crippen LogP contribution in [0, 0.1) is 36.2 Å². The van der Waals surface area contributed by atoms with Crippen LogP contribution in [0.4, 0.5) is 5.69 Å². The van der Waals surface area contributed by atoms with Crippen LogP contribution < -0.4 is 0 Å². The van der Waals surface area contributed by atoms with Gasteiger partial charge < -0.3 is 0 Å². The number of rotatable bonds is 6. The summed E-state index contributed by atoms with van der Waals surface area (Å²) in [7, 11) is -2.47. The average molecular weight is 772 g/mol. The molecule has 0 bridgehead atoms. The van der Waals surface area contributed by atoms with Crippen molar-refractivity contribution in [3.63, 3.8) is 0 Å². The Morgan fingerprint density at radius 1 is 0.641 bits per heavy atom. The zero-order valence-corrected chi connectivity index (χ0v) is 36.3. The van der Waals surface area contributed by atoms with Gasteiger partial charge in [0.2, 0.25) is 0 Å². The molecule has 0 amide bonds. The molecule has 1 saturated carbocycles. The van der Waals surface area contributed by atoms with Crippen molar-refractivity contribution in [2.45, 2.75) is 133 Å². The molecule has 1 radical (unpaired) electrons. The Balaban J connectivity index is 0.